The Bertz CT molecular complexity index is 797. The van der Waals surface area contributed by atoms with Crippen molar-refractivity contribution in [2.75, 3.05) is 5.75 Å². The molecule has 0 amide bonds. The number of hydrogen-bond acceptors (Lipinski definition) is 4. The smallest absolute Gasteiger partial charge is 0.202 e. The number of Topliss-reactive ketones (excluding diaryl/α,β-unsaturated/α-hetero) is 1. The fraction of sp³-hybridized carbons (Fsp3) is 0.250. The van der Waals surface area contributed by atoms with Crippen molar-refractivity contribution in [1.82, 2.24) is 4.98 Å². The summed E-state index contributed by atoms with van der Waals surface area (Å²) in [5.41, 5.74) is 0.157. The Labute approximate surface area is 134 Å². The predicted octanol–water partition coefficient (Wildman–Crippen LogP) is 2.81. The number of rotatable bonds is 5. The number of hydrogen-bond donors (Lipinski definition) is 0. The predicted molar refractivity (Wildman–Crippen MR) is 83.7 cm³/mol. The van der Waals surface area contributed by atoms with E-state index in [0.717, 1.165) is 5.56 Å². The van der Waals surface area contributed by atoms with Crippen molar-refractivity contribution >= 4 is 27.2 Å². The number of pyridine rings is 1. The van der Waals surface area contributed by atoms with Gasteiger partial charge in [-0.2, -0.15) is 0 Å². The highest BCUT2D eigenvalue weighted by atomic mass is 35.5. The Morgan fingerprint density at radius 1 is 1.14 bits per heavy atom. The minimum absolute atomic E-state index is 0.0599. The third-order valence-electron chi connectivity index (χ3n) is 3.96. The lowest BCUT2D eigenvalue weighted by molar-refractivity contribution is -0.119. The van der Waals surface area contributed by atoms with Crippen LogP contribution >= 0.6 is 11.6 Å². The van der Waals surface area contributed by atoms with Crippen LogP contribution in [-0.4, -0.2) is 24.9 Å². The van der Waals surface area contributed by atoms with Crippen LogP contribution in [0.4, 0.5) is 0 Å². The summed E-state index contributed by atoms with van der Waals surface area (Å²) in [7, 11) is -3.71. The molecule has 0 N–H and O–H groups in total. The number of ketones is 1. The van der Waals surface area contributed by atoms with Gasteiger partial charge in [0.1, 0.15) is 5.75 Å². The minimum Gasteiger partial charge on any atom is -0.298 e. The van der Waals surface area contributed by atoms with Gasteiger partial charge in [0.15, 0.2) is 10.8 Å². The Kier molecular flexibility index (Phi) is 3.78. The van der Waals surface area contributed by atoms with E-state index in [-0.39, 0.29) is 10.8 Å². The molecule has 114 valence electrons. The van der Waals surface area contributed by atoms with Crippen LogP contribution in [0.5, 0.6) is 0 Å². The number of sulfone groups is 1. The van der Waals surface area contributed by atoms with E-state index < -0.39 is 21.0 Å². The Morgan fingerprint density at radius 2 is 1.82 bits per heavy atom. The van der Waals surface area contributed by atoms with Crippen LogP contribution in [-0.2, 0) is 20.0 Å². The van der Waals surface area contributed by atoms with Gasteiger partial charge in [-0.3, -0.25) is 4.79 Å². The normalized spacial score (nSPS) is 16.2. The van der Waals surface area contributed by atoms with Crippen LogP contribution in [0.2, 0.25) is 5.02 Å². The number of aromatic nitrogens is 1. The zero-order valence-corrected chi connectivity index (χ0v) is 13.3. The molecule has 1 fully saturated rings. The minimum atomic E-state index is -3.71. The summed E-state index contributed by atoms with van der Waals surface area (Å²) in [6.45, 7) is 0. The van der Waals surface area contributed by atoms with Gasteiger partial charge in [-0.15, -0.1) is 0 Å². The number of benzene rings is 1. The molecule has 0 saturated heterocycles. The van der Waals surface area contributed by atoms with E-state index in [1.54, 1.807) is 36.4 Å². The lowest BCUT2D eigenvalue weighted by Gasteiger charge is -2.14. The fourth-order valence-corrected chi connectivity index (χ4v) is 3.94. The van der Waals surface area contributed by atoms with E-state index in [0.29, 0.717) is 17.9 Å². The average Bonchev–Trinajstić information content (AvgIpc) is 3.30. The fourth-order valence-electron chi connectivity index (χ4n) is 2.54. The molecule has 1 aromatic heterocycles. The number of nitrogens with zero attached hydrogens (tertiary/aromatic N) is 1. The SMILES string of the molecule is O=C(CS(=O)(=O)c1ccccn1)C1(c2ccc(Cl)cc2)CC1. The summed E-state index contributed by atoms with van der Waals surface area (Å²) in [6, 6.07) is 11.7. The second kappa shape index (κ2) is 5.48. The third-order valence-corrected chi connectivity index (χ3v) is 5.73. The molecule has 2 aromatic rings. The molecule has 22 heavy (non-hydrogen) atoms. The molecule has 1 aromatic carbocycles. The molecule has 3 rings (SSSR count). The van der Waals surface area contributed by atoms with Crippen LogP contribution < -0.4 is 0 Å². The Hall–Kier alpha value is -1.72. The first kappa shape index (κ1) is 15.2. The standard InChI is InChI=1S/C16H14ClNO3S/c17-13-6-4-12(5-7-13)16(8-9-16)14(19)11-22(20,21)15-3-1-2-10-18-15/h1-7,10H,8-9,11H2. The molecule has 0 aliphatic heterocycles. The molecule has 0 unspecified atom stereocenters. The quantitative estimate of drug-likeness (QED) is 0.842. The Morgan fingerprint density at radius 3 is 2.36 bits per heavy atom. The van der Waals surface area contributed by atoms with Crippen molar-refractivity contribution in [1.29, 1.82) is 0 Å². The summed E-state index contributed by atoms with van der Waals surface area (Å²) in [6.07, 6.45) is 2.75. The zero-order valence-electron chi connectivity index (χ0n) is 11.7. The third kappa shape index (κ3) is 2.78. The highest BCUT2D eigenvalue weighted by Gasteiger charge is 2.51. The summed E-state index contributed by atoms with van der Waals surface area (Å²) in [5.74, 6) is -0.799. The van der Waals surface area contributed by atoms with Gasteiger partial charge in [-0.25, -0.2) is 13.4 Å². The van der Waals surface area contributed by atoms with Crippen molar-refractivity contribution in [2.24, 2.45) is 0 Å². The maximum Gasteiger partial charge on any atom is 0.202 e. The van der Waals surface area contributed by atoms with Gasteiger partial charge >= 0.3 is 0 Å². The molecular formula is C16H14ClNO3S. The van der Waals surface area contributed by atoms with Crippen molar-refractivity contribution in [2.45, 2.75) is 23.3 Å². The van der Waals surface area contributed by atoms with Gasteiger partial charge in [0.05, 0.1) is 5.41 Å². The van der Waals surface area contributed by atoms with E-state index in [2.05, 4.69) is 4.98 Å². The van der Waals surface area contributed by atoms with Gasteiger partial charge in [0, 0.05) is 11.2 Å². The highest BCUT2D eigenvalue weighted by Crippen LogP contribution is 2.49. The maximum absolute atomic E-state index is 12.6. The summed E-state index contributed by atoms with van der Waals surface area (Å²) in [4.78, 5) is 16.4. The summed E-state index contributed by atoms with van der Waals surface area (Å²) in [5, 5.41) is 0.531. The Balaban J connectivity index is 1.84. The number of carbonyl (C=O) groups is 1. The monoisotopic (exact) mass is 335 g/mol. The first-order valence-corrected chi connectivity index (χ1v) is 8.90. The second-order valence-corrected chi connectivity index (χ2v) is 7.81. The molecule has 4 nitrogen and oxygen atoms in total. The second-order valence-electron chi connectivity index (χ2n) is 5.44. The van der Waals surface area contributed by atoms with Crippen LogP contribution in [0.25, 0.3) is 0 Å². The lowest BCUT2D eigenvalue weighted by atomic mass is 9.92. The van der Waals surface area contributed by atoms with Crippen molar-refractivity contribution in [3.8, 4) is 0 Å². The van der Waals surface area contributed by atoms with Crippen molar-refractivity contribution < 1.29 is 13.2 Å². The van der Waals surface area contributed by atoms with Gasteiger partial charge < -0.3 is 0 Å². The van der Waals surface area contributed by atoms with Crippen LogP contribution in [0.15, 0.2) is 53.7 Å². The van der Waals surface area contributed by atoms with Crippen LogP contribution in [0.1, 0.15) is 18.4 Å². The summed E-state index contributed by atoms with van der Waals surface area (Å²) < 4.78 is 24.6. The number of halogens is 1. The van der Waals surface area contributed by atoms with Crippen molar-refractivity contribution in [3.63, 3.8) is 0 Å². The average molecular weight is 336 g/mol. The van der Waals surface area contributed by atoms with Gasteiger partial charge in [-0.1, -0.05) is 29.8 Å². The largest absolute Gasteiger partial charge is 0.298 e. The van der Waals surface area contributed by atoms with Gasteiger partial charge in [0.2, 0.25) is 9.84 Å². The molecule has 1 saturated carbocycles. The van der Waals surface area contributed by atoms with E-state index in [9.17, 15) is 13.2 Å². The van der Waals surface area contributed by atoms with Crippen molar-refractivity contribution in [3.05, 3.63) is 59.2 Å². The molecule has 0 atom stereocenters. The summed E-state index contributed by atoms with van der Waals surface area (Å²) >= 11 is 5.86. The molecule has 1 heterocycles. The topological polar surface area (TPSA) is 64.1 Å². The van der Waals surface area contributed by atoms with Gasteiger partial charge in [0.25, 0.3) is 0 Å². The zero-order chi connectivity index (χ0) is 15.8. The molecule has 6 heteroatoms. The molecule has 1 aliphatic rings. The molecular weight excluding hydrogens is 322 g/mol. The molecule has 1 aliphatic carbocycles. The highest BCUT2D eigenvalue weighted by molar-refractivity contribution is 7.92. The maximum atomic E-state index is 12.6. The van der Waals surface area contributed by atoms with E-state index >= 15 is 0 Å². The van der Waals surface area contributed by atoms with Crippen LogP contribution in [0, 0.1) is 0 Å². The molecule has 0 spiro atoms. The first-order chi connectivity index (χ1) is 10.4. The van der Waals surface area contributed by atoms with E-state index in [4.69, 9.17) is 11.6 Å². The number of carbonyl (C=O) groups excluding carboxylic acids is 1. The van der Waals surface area contributed by atoms with E-state index in [1.807, 2.05) is 0 Å². The molecule has 0 radical (unpaired) electrons. The first-order valence-electron chi connectivity index (χ1n) is 6.87. The van der Waals surface area contributed by atoms with Crippen LogP contribution in [0.3, 0.4) is 0 Å². The molecule has 0 bridgehead atoms. The van der Waals surface area contributed by atoms with E-state index in [1.165, 1.54) is 12.3 Å². The van der Waals surface area contributed by atoms with Gasteiger partial charge in [-0.05, 0) is 42.7 Å². The lowest BCUT2D eigenvalue weighted by Crippen LogP contribution is -2.28.